The second-order valence-corrected chi connectivity index (χ2v) is 4.75. The van der Waals surface area contributed by atoms with E-state index in [1.165, 1.54) is 12.3 Å². The van der Waals surface area contributed by atoms with Crippen LogP contribution in [0.25, 0.3) is 5.57 Å². The average Bonchev–Trinajstić information content (AvgIpc) is 2.48. The molecule has 0 bridgehead atoms. The summed E-state index contributed by atoms with van der Waals surface area (Å²) in [5.41, 5.74) is 1.24. The van der Waals surface area contributed by atoms with Crippen molar-refractivity contribution in [1.29, 1.82) is 0 Å². The standard InChI is InChI=1S/C16H22N2O4/c1-5-21-15(19)13(9-10-18(3)4)12-7-8-14(17-11-12)16(20)22-6-2/h7-9,11H,5-6,10H2,1-4H3/b13-9-. The lowest BCUT2D eigenvalue weighted by atomic mass is 10.1. The molecular weight excluding hydrogens is 284 g/mol. The molecule has 0 saturated heterocycles. The first kappa shape index (κ1) is 17.8. The van der Waals surface area contributed by atoms with Gasteiger partial charge in [-0.05, 0) is 34.0 Å². The van der Waals surface area contributed by atoms with Crippen molar-refractivity contribution in [1.82, 2.24) is 9.88 Å². The van der Waals surface area contributed by atoms with Gasteiger partial charge in [0.05, 0.1) is 18.8 Å². The Morgan fingerprint density at radius 2 is 1.86 bits per heavy atom. The minimum Gasteiger partial charge on any atom is -0.462 e. The molecule has 0 radical (unpaired) electrons. The van der Waals surface area contributed by atoms with Gasteiger partial charge >= 0.3 is 11.9 Å². The summed E-state index contributed by atoms with van der Waals surface area (Å²) in [5.74, 6) is -0.890. The number of esters is 2. The molecule has 1 rings (SSSR count). The second kappa shape index (κ2) is 8.94. The minimum absolute atomic E-state index is 0.210. The fourth-order valence-corrected chi connectivity index (χ4v) is 1.68. The highest BCUT2D eigenvalue weighted by molar-refractivity contribution is 6.16. The van der Waals surface area contributed by atoms with Crippen molar-refractivity contribution in [3.05, 3.63) is 35.7 Å². The number of nitrogens with zero attached hydrogens (tertiary/aromatic N) is 2. The molecule has 22 heavy (non-hydrogen) atoms. The number of pyridine rings is 1. The van der Waals surface area contributed by atoms with Crippen LogP contribution in [0.4, 0.5) is 0 Å². The smallest absolute Gasteiger partial charge is 0.356 e. The molecule has 0 aliphatic rings. The van der Waals surface area contributed by atoms with Crippen LogP contribution in [0.1, 0.15) is 29.9 Å². The van der Waals surface area contributed by atoms with E-state index in [1.807, 2.05) is 19.0 Å². The lowest BCUT2D eigenvalue weighted by Crippen LogP contribution is -2.14. The van der Waals surface area contributed by atoms with E-state index in [-0.39, 0.29) is 5.69 Å². The third-order valence-corrected chi connectivity index (χ3v) is 2.71. The summed E-state index contributed by atoms with van der Waals surface area (Å²) in [7, 11) is 3.81. The molecule has 0 spiro atoms. The Morgan fingerprint density at radius 3 is 2.36 bits per heavy atom. The Kier molecular flexibility index (Phi) is 7.25. The molecule has 1 aromatic rings. The van der Waals surface area contributed by atoms with Crippen LogP contribution in [0, 0.1) is 0 Å². The van der Waals surface area contributed by atoms with Gasteiger partial charge in [0.15, 0.2) is 0 Å². The molecule has 0 saturated carbocycles. The van der Waals surface area contributed by atoms with Gasteiger partial charge < -0.3 is 14.4 Å². The average molecular weight is 306 g/mol. The largest absolute Gasteiger partial charge is 0.462 e. The molecule has 1 heterocycles. The number of hydrogen-bond donors (Lipinski definition) is 0. The van der Waals surface area contributed by atoms with Gasteiger partial charge in [-0.15, -0.1) is 0 Å². The van der Waals surface area contributed by atoms with E-state index in [0.717, 1.165) is 0 Å². The van der Waals surface area contributed by atoms with Crippen LogP contribution >= 0.6 is 0 Å². The van der Waals surface area contributed by atoms with Crippen molar-refractivity contribution in [2.24, 2.45) is 0 Å². The molecule has 6 nitrogen and oxygen atoms in total. The summed E-state index contributed by atoms with van der Waals surface area (Å²) < 4.78 is 9.94. The summed E-state index contributed by atoms with van der Waals surface area (Å²) >= 11 is 0. The third-order valence-electron chi connectivity index (χ3n) is 2.71. The molecule has 0 aliphatic heterocycles. The molecule has 120 valence electrons. The first-order valence-corrected chi connectivity index (χ1v) is 7.15. The Labute approximate surface area is 130 Å². The van der Waals surface area contributed by atoms with Gasteiger partial charge in [0.25, 0.3) is 0 Å². The fraction of sp³-hybridized carbons (Fsp3) is 0.438. The maximum absolute atomic E-state index is 12.0. The van der Waals surface area contributed by atoms with Crippen LogP contribution in [-0.4, -0.2) is 55.7 Å². The summed E-state index contributed by atoms with van der Waals surface area (Å²) in [6.45, 7) is 4.66. The molecule has 1 aromatic heterocycles. The van der Waals surface area contributed by atoms with E-state index in [4.69, 9.17) is 9.47 Å². The zero-order valence-electron chi connectivity index (χ0n) is 13.5. The minimum atomic E-state index is -0.482. The van der Waals surface area contributed by atoms with Crippen molar-refractivity contribution in [2.75, 3.05) is 33.9 Å². The number of hydrogen-bond acceptors (Lipinski definition) is 6. The molecule has 0 unspecified atom stereocenters. The molecule has 0 atom stereocenters. The molecule has 6 heteroatoms. The van der Waals surface area contributed by atoms with Crippen molar-refractivity contribution < 1.29 is 19.1 Å². The zero-order valence-corrected chi connectivity index (χ0v) is 13.5. The van der Waals surface area contributed by atoms with Gasteiger partial charge in [0.1, 0.15) is 5.69 Å². The first-order chi connectivity index (χ1) is 10.5. The third kappa shape index (κ3) is 5.29. The Hall–Kier alpha value is -2.21. The monoisotopic (exact) mass is 306 g/mol. The van der Waals surface area contributed by atoms with Gasteiger partial charge in [-0.3, -0.25) is 0 Å². The maximum atomic E-state index is 12.0. The molecule has 0 aliphatic carbocycles. The number of rotatable bonds is 7. The zero-order chi connectivity index (χ0) is 16.5. The quantitative estimate of drug-likeness (QED) is 0.565. The topological polar surface area (TPSA) is 68.7 Å². The van der Waals surface area contributed by atoms with Crippen LogP contribution in [0.15, 0.2) is 24.4 Å². The predicted octanol–water partition coefficient (Wildman–Crippen LogP) is 1.77. The van der Waals surface area contributed by atoms with Gasteiger partial charge in [-0.2, -0.15) is 0 Å². The molecule has 0 amide bonds. The van der Waals surface area contributed by atoms with Crippen molar-refractivity contribution in [2.45, 2.75) is 13.8 Å². The fourth-order valence-electron chi connectivity index (χ4n) is 1.68. The highest BCUT2D eigenvalue weighted by atomic mass is 16.5. The molecule has 0 N–H and O–H groups in total. The molecular formula is C16H22N2O4. The van der Waals surface area contributed by atoms with Crippen LogP contribution in [0.3, 0.4) is 0 Å². The van der Waals surface area contributed by atoms with Crippen LogP contribution < -0.4 is 0 Å². The number of carbonyl (C=O) groups is 2. The summed E-state index contributed by atoms with van der Waals surface area (Å²) in [6.07, 6.45) is 3.25. The molecule has 0 fully saturated rings. The lowest BCUT2D eigenvalue weighted by molar-refractivity contribution is -0.136. The summed E-state index contributed by atoms with van der Waals surface area (Å²) in [5, 5.41) is 0. The van der Waals surface area contributed by atoms with Crippen LogP contribution in [-0.2, 0) is 14.3 Å². The Morgan fingerprint density at radius 1 is 1.18 bits per heavy atom. The lowest BCUT2D eigenvalue weighted by Gasteiger charge is -2.10. The maximum Gasteiger partial charge on any atom is 0.356 e. The first-order valence-electron chi connectivity index (χ1n) is 7.15. The summed E-state index contributed by atoms with van der Waals surface area (Å²) in [4.78, 5) is 29.6. The van der Waals surface area contributed by atoms with Gasteiger partial charge in [-0.1, -0.05) is 12.1 Å². The SMILES string of the molecule is CCOC(=O)/C(=C\CN(C)C)c1ccc(C(=O)OCC)nc1. The van der Waals surface area contributed by atoms with Crippen LogP contribution in [0.5, 0.6) is 0 Å². The highest BCUT2D eigenvalue weighted by Gasteiger charge is 2.15. The van der Waals surface area contributed by atoms with Crippen molar-refractivity contribution in [3.63, 3.8) is 0 Å². The Bertz CT molecular complexity index is 536. The van der Waals surface area contributed by atoms with E-state index < -0.39 is 11.9 Å². The van der Waals surface area contributed by atoms with E-state index in [0.29, 0.717) is 30.9 Å². The van der Waals surface area contributed by atoms with Gasteiger partial charge in [-0.25, -0.2) is 14.6 Å². The van der Waals surface area contributed by atoms with E-state index in [2.05, 4.69) is 4.98 Å². The van der Waals surface area contributed by atoms with E-state index in [1.54, 1.807) is 26.0 Å². The summed E-state index contributed by atoms with van der Waals surface area (Å²) in [6, 6.07) is 3.20. The van der Waals surface area contributed by atoms with Crippen molar-refractivity contribution in [3.8, 4) is 0 Å². The van der Waals surface area contributed by atoms with Gasteiger partial charge in [0, 0.05) is 18.3 Å². The molecule has 0 aromatic carbocycles. The number of carbonyl (C=O) groups excluding carboxylic acids is 2. The van der Waals surface area contributed by atoms with E-state index in [9.17, 15) is 9.59 Å². The predicted molar refractivity (Wildman–Crippen MR) is 83.4 cm³/mol. The van der Waals surface area contributed by atoms with Gasteiger partial charge in [0.2, 0.25) is 0 Å². The van der Waals surface area contributed by atoms with Crippen molar-refractivity contribution >= 4 is 17.5 Å². The Balaban J connectivity index is 3.02. The highest BCUT2D eigenvalue weighted by Crippen LogP contribution is 2.16. The number of likely N-dealkylation sites (N-methyl/N-ethyl adjacent to an activating group) is 1. The normalized spacial score (nSPS) is 11.4. The number of ether oxygens (including phenoxy) is 2. The van der Waals surface area contributed by atoms with E-state index >= 15 is 0 Å². The second-order valence-electron chi connectivity index (χ2n) is 4.75. The number of aromatic nitrogens is 1. The van der Waals surface area contributed by atoms with Crippen LogP contribution in [0.2, 0.25) is 0 Å².